The fourth-order valence-electron chi connectivity index (χ4n) is 5.52. The third-order valence-corrected chi connectivity index (χ3v) is 8.66. The highest BCUT2D eigenvalue weighted by Gasteiger charge is 2.40. The minimum absolute atomic E-state index is 0.0465. The van der Waals surface area contributed by atoms with Crippen LogP contribution in [0.5, 0.6) is 0 Å². The van der Waals surface area contributed by atoms with E-state index in [0.717, 1.165) is 36.4 Å². The van der Waals surface area contributed by atoms with Crippen LogP contribution in [0.25, 0.3) is 10.2 Å². The molecule has 3 fully saturated rings. The van der Waals surface area contributed by atoms with Gasteiger partial charge >= 0.3 is 12.3 Å². The van der Waals surface area contributed by atoms with Crippen molar-refractivity contribution in [2.75, 3.05) is 51.2 Å². The van der Waals surface area contributed by atoms with Gasteiger partial charge in [-0.15, -0.1) is 11.3 Å². The Balaban J connectivity index is 1.36. The molecule has 8 nitrogen and oxygen atoms in total. The van der Waals surface area contributed by atoms with E-state index in [1.165, 1.54) is 25.3 Å². The molecule has 3 aliphatic rings. The molecule has 2 aromatic rings. The van der Waals surface area contributed by atoms with Crippen LogP contribution in [0.15, 0.2) is 11.4 Å². The quantitative estimate of drug-likeness (QED) is 0.614. The zero-order valence-corrected chi connectivity index (χ0v) is 20.9. The Bertz CT molecular complexity index is 1140. The first-order valence-corrected chi connectivity index (χ1v) is 13.2. The number of carbonyl (C=O) groups excluding carboxylic acids is 1. The van der Waals surface area contributed by atoms with Gasteiger partial charge < -0.3 is 20.2 Å². The molecule has 0 spiro atoms. The number of rotatable bonds is 5. The summed E-state index contributed by atoms with van der Waals surface area (Å²) in [4.78, 5) is 34.4. The Hall–Kier alpha value is -2.60. The number of aromatic nitrogens is 1. The molecule has 1 aliphatic carbocycles. The van der Waals surface area contributed by atoms with Crippen LogP contribution in [0.2, 0.25) is 0 Å². The number of pyridine rings is 1. The van der Waals surface area contributed by atoms with E-state index < -0.39 is 23.7 Å². The molecule has 36 heavy (non-hydrogen) atoms. The van der Waals surface area contributed by atoms with Crippen LogP contribution < -0.4 is 10.2 Å². The second kappa shape index (κ2) is 9.70. The summed E-state index contributed by atoms with van der Waals surface area (Å²) in [6.07, 6.45) is -1.67. The lowest BCUT2D eigenvalue weighted by Crippen LogP contribution is -2.59. The van der Waals surface area contributed by atoms with Gasteiger partial charge in [-0.05, 0) is 43.6 Å². The summed E-state index contributed by atoms with van der Waals surface area (Å²) < 4.78 is 41.7. The Kier molecular flexibility index (Phi) is 6.75. The molecule has 196 valence electrons. The maximum absolute atomic E-state index is 13.9. The van der Waals surface area contributed by atoms with Gasteiger partial charge in [-0.1, -0.05) is 0 Å². The Morgan fingerprint density at radius 2 is 1.89 bits per heavy atom. The van der Waals surface area contributed by atoms with Gasteiger partial charge in [-0.25, -0.2) is 9.78 Å². The number of alkyl halides is 3. The molecule has 1 saturated carbocycles. The third-order valence-electron chi connectivity index (χ3n) is 7.66. The second-order valence-corrected chi connectivity index (χ2v) is 10.9. The van der Waals surface area contributed by atoms with Crippen LogP contribution in [0.3, 0.4) is 0 Å². The van der Waals surface area contributed by atoms with Gasteiger partial charge in [0.05, 0.1) is 27.4 Å². The lowest BCUT2D eigenvalue weighted by atomic mass is 9.87. The minimum Gasteiger partial charge on any atom is -0.465 e. The summed E-state index contributed by atoms with van der Waals surface area (Å²) in [6, 6.07) is 0.962. The number of thiophene rings is 1. The van der Waals surface area contributed by atoms with Crippen molar-refractivity contribution in [2.24, 2.45) is 11.8 Å². The van der Waals surface area contributed by atoms with E-state index in [9.17, 15) is 27.9 Å². The number of piperidine rings is 1. The molecule has 0 radical (unpaired) electrons. The van der Waals surface area contributed by atoms with E-state index in [-0.39, 0.29) is 33.6 Å². The van der Waals surface area contributed by atoms with Crippen LogP contribution >= 0.6 is 11.3 Å². The van der Waals surface area contributed by atoms with Gasteiger partial charge in [0.2, 0.25) is 0 Å². The number of fused-ring (bicyclic) bond motifs is 1. The van der Waals surface area contributed by atoms with Crippen molar-refractivity contribution in [3.05, 3.63) is 22.6 Å². The Morgan fingerprint density at radius 1 is 1.17 bits per heavy atom. The molecule has 1 atom stereocenters. The van der Waals surface area contributed by atoms with Crippen LogP contribution in [-0.4, -0.2) is 84.2 Å². The number of halogens is 3. The van der Waals surface area contributed by atoms with Crippen molar-refractivity contribution >= 4 is 39.4 Å². The lowest BCUT2D eigenvalue weighted by molar-refractivity contribution is -0.136. The largest absolute Gasteiger partial charge is 0.465 e. The Labute approximate surface area is 211 Å². The molecule has 0 aromatic carbocycles. The predicted molar refractivity (Wildman–Crippen MR) is 131 cm³/mol. The maximum Gasteiger partial charge on any atom is 0.417 e. The van der Waals surface area contributed by atoms with Crippen molar-refractivity contribution in [3.8, 4) is 0 Å². The van der Waals surface area contributed by atoms with E-state index >= 15 is 0 Å². The Morgan fingerprint density at radius 3 is 2.50 bits per heavy atom. The maximum atomic E-state index is 13.9. The average Bonchev–Trinajstić information content (AvgIpc) is 3.57. The molecule has 0 bridgehead atoms. The van der Waals surface area contributed by atoms with E-state index in [1.54, 1.807) is 4.90 Å². The normalized spacial score (nSPS) is 22.3. The van der Waals surface area contributed by atoms with Gasteiger partial charge in [0.1, 0.15) is 5.82 Å². The highest BCUT2D eigenvalue weighted by molar-refractivity contribution is 7.17. The monoisotopic (exact) mass is 525 g/mol. The average molecular weight is 526 g/mol. The summed E-state index contributed by atoms with van der Waals surface area (Å²) in [6.45, 7) is 3.91. The lowest BCUT2D eigenvalue weighted by Gasteiger charge is -2.46. The zero-order valence-electron chi connectivity index (χ0n) is 20.1. The first kappa shape index (κ1) is 25.1. The number of hydrogen-bond donors (Lipinski definition) is 2. The topological polar surface area (TPSA) is 89.0 Å². The molecule has 5 rings (SSSR count). The molecular weight excluding hydrogens is 495 g/mol. The number of anilines is 1. The highest BCUT2D eigenvalue weighted by Crippen LogP contribution is 2.41. The summed E-state index contributed by atoms with van der Waals surface area (Å²) in [7, 11) is 1.43. The van der Waals surface area contributed by atoms with Crippen molar-refractivity contribution in [1.82, 2.24) is 20.1 Å². The van der Waals surface area contributed by atoms with Crippen LogP contribution in [0.1, 0.15) is 41.6 Å². The number of nitrogens with one attached hydrogen (secondary N) is 1. The summed E-state index contributed by atoms with van der Waals surface area (Å²) in [5.41, 5.74) is -0.592. The molecule has 2 saturated heterocycles. The summed E-state index contributed by atoms with van der Waals surface area (Å²) in [5.74, 6) is 0.586. The van der Waals surface area contributed by atoms with E-state index in [2.05, 4.69) is 15.2 Å². The fraction of sp³-hybridized carbons (Fsp3) is 0.625. The van der Waals surface area contributed by atoms with Gasteiger partial charge in [-0.2, -0.15) is 13.2 Å². The van der Waals surface area contributed by atoms with Crippen molar-refractivity contribution in [2.45, 2.75) is 37.9 Å². The molecule has 12 heteroatoms. The van der Waals surface area contributed by atoms with Crippen molar-refractivity contribution in [1.29, 1.82) is 0 Å². The molecule has 1 unspecified atom stereocenters. The first-order chi connectivity index (χ1) is 17.2. The SMILES string of the molecule is CNC(=O)c1csc2c(C(F)(F)F)cc(N3CCC(C4CN(CC5CC5)CCN4C(=O)O)CC3)nc12. The standard InChI is InChI=1S/C24H30F3N5O3S/c1-28-22(33)16-13-36-21-17(24(25,26)27)10-19(29-20(16)21)31-6-4-15(5-7-31)18-12-30(11-14-2-3-14)8-9-32(18)23(34)35/h10,13-15,18H,2-9,11-12H2,1H3,(H,28,33)(H,34,35). The molecule has 4 heterocycles. The molecule has 2 N–H and O–H groups in total. The van der Waals surface area contributed by atoms with Crippen LogP contribution in [-0.2, 0) is 6.18 Å². The zero-order chi connectivity index (χ0) is 25.6. The number of amides is 2. The number of nitrogens with zero attached hydrogens (tertiary/aromatic N) is 4. The van der Waals surface area contributed by atoms with Gasteiger partial charge in [0.15, 0.2) is 0 Å². The minimum atomic E-state index is -4.58. The van der Waals surface area contributed by atoms with E-state index in [0.29, 0.717) is 39.0 Å². The molecule has 2 aliphatic heterocycles. The van der Waals surface area contributed by atoms with E-state index in [4.69, 9.17) is 0 Å². The summed E-state index contributed by atoms with van der Waals surface area (Å²) >= 11 is 0.870. The van der Waals surface area contributed by atoms with Crippen LogP contribution in [0, 0.1) is 11.8 Å². The molecule has 2 aromatic heterocycles. The summed E-state index contributed by atoms with van der Waals surface area (Å²) in [5, 5.41) is 13.7. The van der Waals surface area contributed by atoms with Crippen LogP contribution in [0.4, 0.5) is 23.8 Å². The number of carbonyl (C=O) groups is 2. The molecular formula is C24H30F3N5O3S. The predicted octanol–water partition coefficient (Wildman–Crippen LogP) is 3.97. The first-order valence-electron chi connectivity index (χ1n) is 12.3. The smallest absolute Gasteiger partial charge is 0.417 e. The number of piperazine rings is 1. The molecule has 2 amide bonds. The van der Waals surface area contributed by atoms with Crippen molar-refractivity contribution in [3.63, 3.8) is 0 Å². The van der Waals surface area contributed by atoms with Gasteiger partial charge in [0, 0.05) is 51.7 Å². The van der Waals surface area contributed by atoms with Gasteiger partial charge in [-0.3, -0.25) is 9.69 Å². The van der Waals surface area contributed by atoms with E-state index in [1.807, 2.05) is 4.90 Å². The van der Waals surface area contributed by atoms with Gasteiger partial charge in [0.25, 0.3) is 5.91 Å². The third kappa shape index (κ3) is 4.97. The highest BCUT2D eigenvalue weighted by atomic mass is 32.1. The number of carboxylic acid groups (broad SMARTS) is 1. The van der Waals surface area contributed by atoms with Crippen molar-refractivity contribution < 1.29 is 27.9 Å². The second-order valence-electron chi connectivity index (χ2n) is 10.0. The fourth-order valence-corrected chi connectivity index (χ4v) is 6.54. The number of hydrogen-bond acceptors (Lipinski definition) is 6.